The fraction of sp³-hybridized carbons (Fsp3) is 0.185. The van der Waals surface area contributed by atoms with Crippen LogP contribution in [0.5, 0.6) is 0 Å². The molecule has 1 N–H and O–H groups in total. The van der Waals surface area contributed by atoms with E-state index in [0.717, 1.165) is 17.8 Å². The van der Waals surface area contributed by atoms with Gasteiger partial charge < -0.3 is 10.2 Å². The van der Waals surface area contributed by atoms with Gasteiger partial charge in [-0.05, 0) is 48.9 Å². The highest BCUT2D eigenvalue weighted by Gasteiger charge is 2.44. The number of carbonyl (C=O) groups is 2. The normalized spacial score (nSPS) is 17.9. The van der Waals surface area contributed by atoms with Crippen LogP contribution in [0, 0.1) is 23.4 Å². The minimum absolute atomic E-state index is 0.0170. The van der Waals surface area contributed by atoms with E-state index in [1.807, 2.05) is 30.3 Å². The first-order chi connectivity index (χ1) is 16.3. The zero-order valence-electron chi connectivity index (χ0n) is 18.3. The number of amides is 1. The van der Waals surface area contributed by atoms with Crippen LogP contribution in [0.4, 0.5) is 18.9 Å². The summed E-state index contributed by atoms with van der Waals surface area (Å²) in [6.07, 6.45) is 0.259. The van der Waals surface area contributed by atoms with Crippen LogP contribution in [0.25, 0.3) is 5.57 Å². The zero-order chi connectivity index (χ0) is 24.0. The number of rotatable bonds is 5. The molecule has 5 rings (SSSR count). The van der Waals surface area contributed by atoms with E-state index in [-0.39, 0.29) is 35.4 Å². The Balaban J connectivity index is 1.60. The number of fused-ring (bicyclic) bond motifs is 1. The van der Waals surface area contributed by atoms with E-state index in [0.29, 0.717) is 11.3 Å². The molecule has 1 aliphatic heterocycles. The Kier molecular flexibility index (Phi) is 5.48. The molecule has 7 heteroatoms. The highest BCUT2D eigenvalue weighted by atomic mass is 19.1. The molecule has 172 valence electrons. The highest BCUT2D eigenvalue weighted by molar-refractivity contribution is 6.22. The van der Waals surface area contributed by atoms with Crippen LogP contribution >= 0.6 is 0 Å². The first kappa shape index (κ1) is 21.9. The summed E-state index contributed by atoms with van der Waals surface area (Å²) < 4.78 is 43.7. The molecule has 2 atom stereocenters. The molecule has 0 spiro atoms. The standard InChI is InChI=1S/C27H21F3N2O2/c1-15-24(27(34)31-26(19-13-23(19)33)16-6-5-7-17(28)12-16)25-20(21(29)10-11-22(25)30)14-32(15)18-8-3-2-4-9-18/h2-12,19,26H,13-14H2,1H3,(H,31,34)/t19?,26-/m1/s1. The number of nitrogens with one attached hydrogen (secondary N) is 1. The predicted octanol–water partition coefficient (Wildman–Crippen LogP) is 5.30. The molecule has 1 saturated carbocycles. The third kappa shape index (κ3) is 3.87. The number of halogens is 3. The molecular weight excluding hydrogens is 441 g/mol. The summed E-state index contributed by atoms with van der Waals surface area (Å²) in [4.78, 5) is 27.3. The maximum absolute atomic E-state index is 15.0. The molecule has 3 aromatic carbocycles. The summed E-state index contributed by atoms with van der Waals surface area (Å²) in [7, 11) is 0. The van der Waals surface area contributed by atoms with Crippen LogP contribution in [-0.4, -0.2) is 11.7 Å². The molecule has 3 aromatic rings. The van der Waals surface area contributed by atoms with Crippen LogP contribution in [-0.2, 0) is 16.1 Å². The summed E-state index contributed by atoms with van der Waals surface area (Å²) in [5.74, 6) is -3.01. The van der Waals surface area contributed by atoms with Crippen molar-refractivity contribution in [1.82, 2.24) is 5.32 Å². The Morgan fingerprint density at radius 3 is 2.38 bits per heavy atom. The molecule has 34 heavy (non-hydrogen) atoms. The van der Waals surface area contributed by atoms with Gasteiger partial charge in [-0.15, -0.1) is 0 Å². The highest BCUT2D eigenvalue weighted by Crippen LogP contribution is 2.41. The second kappa shape index (κ2) is 8.48. The van der Waals surface area contributed by atoms with E-state index in [4.69, 9.17) is 0 Å². The molecule has 1 fully saturated rings. The van der Waals surface area contributed by atoms with Gasteiger partial charge in [-0.25, -0.2) is 13.2 Å². The minimum atomic E-state index is -0.775. The van der Waals surface area contributed by atoms with Crippen LogP contribution < -0.4 is 10.2 Å². The number of allylic oxidation sites excluding steroid dienone is 1. The average Bonchev–Trinajstić information content (AvgIpc) is 3.56. The van der Waals surface area contributed by atoms with Gasteiger partial charge in [0.25, 0.3) is 5.91 Å². The molecule has 0 radical (unpaired) electrons. The van der Waals surface area contributed by atoms with Crippen LogP contribution in [0.2, 0.25) is 0 Å². The van der Waals surface area contributed by atoms with Gasteiger partial charge in [0.2, 0.25) is 0 Å². The van der Waals surface area contributed by atoms with Gasteiger partial charge in [0.05, 0.1) is 18.2 Å². The number of benzene rings is 3. The van der Waals surface area contributed by atoms with E-state index in [9.17, 15) is 18.4 Å². The Morgan fingerprint density at radius 2 is 1.71 bits per heavy atom. The lowest BCUT2D eigenvalue weighted by Gasteiger charge is -2.34. The van der Waals surface area contributed by atoms with Gasteiger partial charge in [-0.3, -0.25) is 9.59 Å². The van der Waals surface area contributed by atoms with Crippen molar-refractivity contribution in [3.8, 4) is 0 Å². The second-order valence-corrected chi connectivity index (χ2v) is 8.55. The van der Waals surface area contributed by atoms with E-state index < -0.39 is 35.3 Å². The average molecular weight is 462 g/mol. The second-order valence-electron chi connectivity index (χ2n) is 8.55. The molecule has 2 aliphatic rings. The van der Waals surface area contributed by atoms with Crippen molar-refractivity contribution in [2.75, 3.05) is 4.90 Å². The Labute approximate surface area is 194 Å². The molecule has 0 bridgehead atoms. The fourth-order valence-electron chi connectivity index (χ4n) is 4.57. The van der Waals surface area contributed by atoms with Crippen molar-refractivity contribution in [2.45, 2.75) is 25.9 Å². The lowest BCUT2D eigenvalue weighted by Crippen LogP contribution is -2.36. The lowest BCUT2D eigenvalue weighted by molar-refractivity contribution is -0.116. The molecule has 4 nitrogen and oxygen atoms in total. The van der Waals surface area contributed by atoms with Crippen molar-refractivity contribution < 1.29 is 22.8 Å². The minimum Gasteiger partial charge on any atom is -0.344 e. The number of para-hydroxylation sites is 1. The summed E-state index contributed by atoms with van der Waals surface area (Å²) in [6.45, 7) is 1.73. The summed E-state index contributed by atoms with van der Waals surface area (Å²) >= 11 is 0. The van der Waals surface area contributed by atoms with E-state index in [2.05, 4.69) is 5.32 Å². The maximum Gasteiger partial charge on any atom is 0.254 e. The van der Waals surface area contributed by atoms with Gasteiger partial charge in [0.15, 0.2) is 0 Å². The van der Waals surface area contributed by atoms with Crippen LogP contribution in [0.15, 0.2) is 72.4 Å². The Hall–Kier alpha value is -3.87. The summed E-state index contributed by atoms with van der Waals surface area (Å²) in [5, 5.41) is 2.81. The van der Waals surface area contributed by atoms with Crippen molar-refractivity contribution in [3.05, 3.63) is 107 Å². The number of carbonyl (C=O) groups excluding carboxylic acids is 2. The molecule has 0 saturated heterocycles. The SMILES string of the molecule is CC1=C(C(=O)N[C@H](c2cccc(F)c2)C2CC2=O)c2c(F)ccc(F)c2CN1c1ccccc1. The zero-order valence-corrected chi connectivity index (χ0v) is 18.3. The molecule has 1 aliphatic carbocycles. The van der Waals surface area contributed by atoms with E-state index in [1.54, 1.807) is 17.9 Å². The van der Waals surface area contributed by atoms with E-state index in [1.165, 1.54) is 18.2 Å². The first-order valence-corrected chi connectivity index (χ1v) is 10.9. The summed E-state index contributed by atoms with van der Waals surface area (Å²) in [6, 6.07) is 16.1. The van der Waals surface area contributed by atoms with Crippen LogP contribution in [0.3, 0.4) is 0 Å². The topological polar surface area (TPSA) is 49.4 Å². The van der Waals surface area contributed by atoms with Gasteiger partial charge in [0, 0.05) is 34.9 Å². The molecule has 1 heterocycles. The van der Waals surface area contributed by atoms with Crippen molar-refractivity contribution in [1.29, 1.82) is 0 Å². The quantitative estimate of drug-likeness (QED) is 0.560. The van der Waals surface area contributed by atoms with Crippen LogP contribution in [0.1, 0.15) is 36.1 Å². The largest absolute Gasteiger partial charge is 0.344 e. The number of ketones is 1. The Bertz CT molecular complexity index is 1340. The molecule has 0 aromatic heterocycles. The maximum atomic E-state index is 15.0. The van der Waals surface area contributed by atoms with E-state index >= 15 is 4.39 Å². The molecule has 1 amide bonds. The third-order valence-electron chi connectivity index (χ3n) is 6.40. The number of Topliss-reactive ketones (excluding diaryl/α,β-unsaturated/α-hetero) is 1. The fourth-order valence-corrected chi connectivity index (χ4v) is 4.57. The molecule has 1 unspecified atom stereocenters. The monoisotopic (exact) mass is 462 g/mol. The van der Waals surface area contributed by atoms with Gasteiger partial charge >= 0.3 is 0 Å². The number of nitrogens with zero attached hydrogens (tertiary/aromatic N) is 1. The number of anilines is 1. The number of hydrogen-bond acceptors (Lipinski definition) is 3. The van der Waals surface area contributed by atoms with Crippen molar-refractivity contribution in [2.24, 2.45) is 5.92 Å². The van der Waals surface area contributed by atoms with Crippen molar-refractivity contribution >= 4 is 23.0 Å². The van der Waals surface area contributed by atoms with Gasteiger partial charge in [-0.1, -0.05) is 30.3 Å². The van der Waals surface area contributed by atoms with Gasteiger partial charge in [0.1, 0.15) is 23.2 Å². The predicted molar refractivity (Wildman–Crippen MR) is 122 cm³/mol. The first-order valence-electron chi connectivity index (χ1n) is 10.9. The smallest absolute Gasteiger partial charge is 0.254 e. The van der Waals surface area contributed by atoms with Crippen molar-refractivity contribution in [3.63, 3.8) is 0 Å². The summed E-state index contributed by atoms with van der Waals surface area (Å²) in [5.41, 5.74) is 1.57. The number of hydrogen-bond donors (Lipinski definition) is 1. The van der Waals surface area contributed by atoms with Gasteiger partial charge in [-0.2, -0.15) is 0 Å². The third-order valence-corrected chi connectivity index (χ3v) is 6.40. The molecular formula is C27H21F3N2O2. The Morgan fingerprint density at radius 1 is 1.00 bits per heavy atom. The lowest BCUT2D eigenvalue weighted by atomic mass is 9.91.